The van der Waals surface area contributed by atoms with Crippen LogP contribution < -0.4 is 14.2 Å². The summed E-state index contributed by atoms with van der Waals surface area (Å²) in [4.78, 5) is 4.07. The van der Waals surface area contributed by atoms with Crippen LogP contribution in [0.25, 0.3) is 0 Å². The molecule has 0 bridgehead atoms. The van der Waals surface area contributed by atoms with E-state index in [1.54, 1.807) is 12.1 Å². The molecule has 0 saturated carbocycles. The molecule has 1 aromatic heterocycles. The summed E-state index contributed by atoms with van der Waals surface area (Å²) >= 11 is 12.1. The molecule has 2 aromatic carbocycles. The molecule has 0 radical (unpaired) electrons. The topological polar surface area (TPSA) is 114 Å². The van der Waals surface area contributed by atoms with E-state index in [0.29, 0.717) is 33.7 Å². The third-order valence-electron chi connectivity index (χ3n) is 5.35. The number of oxazole rings is 1. The number of halogens is 2. The van der Waals surface area contributed by atoms with Crippen molar-refractivity contribution in [1.82, 2.24) is 4.98 Å². The maximum Gasteiger partial charge on any atom is 0.308 e. The molecule has 3 rings (SSSR count). The van der Waals surface area contributed by atoms with Gasteiger partial charge in [-0.1, -0.05) is 37.6 Å². The van der Waals surface area contributed by atoms with Crippen molar-refractivity contribution >= 4 is 39.2 Å². The second-order valence-electron chi connectivity index (χ2n) is 8.07. The van der Waals surface area contributed by atoms with Gasteiger partial charge in [-0.25, -0.2) is 13.1 Å². The van der Waals surface area contributed by atoms with Gasteiger partial charge in [-0.2, -0.15) is 10.2 Å². The number of sulfonamides is 1. The fourth-order valence-corrected chi connectivity index (χ4v) is 4.10. The largest absolute Gasteiger partial charge is 0.489 e. The maximum absolute atomic E-state index is 11.6. The van der Waals surface area contributed by atoms with Gasteiger partial charge in [-0.3, -0.25) is 0 Å². The Labute approximate surface area is 214 Å². The van der Waals surface area contributed by atoms with Crippen molar-refractivity contribution in [2.24, 2.45) is 0 Å². The van der Waals surface area contributed by atoms with Crippen LogP contribution in [0.5, 0.6) is 11.5 Å². The van der Waals surface area contributed by atoms with Crippen LogP contribution in [0, 0.1) is 11.3 Å². The minimum absolute atomic E-state index is 0.0834. The molecule has 0 unspecified atom stereocenters. The van der Waals surface area contributed by atoms with Gasteiger partial charge in [-0.05, 0) is 42.3 Å². The molecule has 0 aliphatic heterocycles. The number of rotatable bonds is 11. The van der Waals surface area contributed by atoms with Crippen LogP contribution in [-0.2, 0) is 22.0 Å². The number of ether oxygens (including phenoxy) is 2. The molecule has 3 aromatic rings. The standard InChI is InChI=1S/C24H25Cl2N3O5S/c1-4-35(30,31)29-23-28-19(15-34-23)14-33-20-7-5-17(6-8-20)24(2,3)18-11-16(13-27)22(21(26)12-18)32-10-9-25/h5-8,11-12,15H,4,9-10,14H2,1-3H3,(H,28,29). The second kappa shape index (κ2) is 11.2. The Morgan fingerprint density at radius 3 is 2.51 bits per heavy atom. The first-order valence-corrected chi connectivity index (χ1v) is 13.3. The van der Waals surface area contributed by atoms with E-state index in [-0.39, 0.29) is 25.0 Å². The van der Waals surface area contributed by atoms with E-state index in [4.69, 9.17) is 37.1 Å². The van der Waals surface area contributed by atoms with Crippen molar-refractivity contribution in [3.8, 4) is 17.6 Å². The van der Waals surface area contributed by atoms with Crippen molar-refractivity contribution in [2.75, 3.05) is 23.0 Å². The minimum atomic E-state index is -3.47. The highest BCUT2D eigenvalue weighted by atomic mass is 35.5. The summed E-state index contributed by atoms with van der Waals surface area (Å²) in [5, 5.41) is 9.93. The second-order valence-corrected chi connectivity index (χ2v) is 10.9. The molecule has 0 atom stereocenters. The molecule has 0 spiro atoms. The molecule has 186 valence electrons. The summed E-state index contributed by atoms with van der Waals surface area (Å²) in [5.74, 6) is 1.14. The lowest BCUT2D eigenvalue weighted by Crippen LogP contribution is -2.19. The van der Waals surface area contributed by atoms with E-state index in [1.165, 1.54) is 13.2 Å². The summed E-state index contributed by atoms with van der Waals surface area (Å²) in [6, 6.07) is 13.1. The average Bonchev–Trinajstić information content (AvgIpc) is 3.28. The van der Waals surface area contributed by atoms with Crippen molar-refractivity contribution < 1.29 is 22.3 Å². The number of aromatic nitrogens is 1. The summed E-state index contributed by atoms with van der Waals surface area (Å²) in [6.45, 7) is 5.94. The molecule has 0 aliphatic carbocycles. The highest BCUT2D eigenvalue weighted by Crippen LogP contribution is 2.38. The number of anilines is 1. The fraction of sp³-hybridized carbons (Fsp3) is 0.333. The highest BCUT2D eigenvalue weighted by Gasteiger charge is 2.26. The number of nitrogens with one attached hydrogen (secondary N) is 1. The number of benzene rings is 2. The molecule has 0 amide bonds. The SMILES string of the molecule is CCS(=O)(=O)Nc1nc(COc2ccc(C(C)(C)c3cc(Cl)c(OCCCl)c(C#N)c3)cc2)co1. The zero-order chi connectivity index (χ0) is 25.6. The molecular weight excluding hydrogens is 513 g/mol. The van der Waals surface area contributed by atoms with E-state index in [1.807, 2.05) is 38.1 Å². The summed E-state index contributed by atoms with van der Waals surface area (Å²) in [6.07, 6.45) is 1.34. The Kier molecular flexibility index (Phi) is 8.54. The zero-order valence-electron chi connectivity index (χ0n) is 19.5. The number of nitrogens with zero attached hydrogens (tertiary/aromatic N) is 2. The number of alkyl halides is 1. The third kappa shape index (κ3) is 6.60. The van der Waals surface area contributed by atoms with Gasteiger partial charge in [0.1, 0.15) is 37.0 Å². The van der Waals surface area contributed by atoms with Crippen LogP contribution in [0.3, 0.4) is 0 Å². The lowest BCUT2D eigenvalue weighted by atomic mass is 9.77. The lowest BCUT2D eigenvalue weighted by Gasteiger charge is -2.27. The van der Waals surface area contributed by atoms with Crippen molar-refractivity contribution in [2.45, 2.75) is 32.8 Å². The van der Waals surface area contributed by atoms with Gasteiger partial charge in [0.25, 0.3) is 0 Å². The minimum Gasteiger partial charge on any atom is -0.489 e. The summed E-state index contributed by atoms with van der Waals surface area (Å²) in [5.41, 5.74) is 2.17. The van der Waals surface area contributed by atoms with Gasteiger partial charge in [0.15, 0.2) is 5.75 Å². The number of hydrogen-bond acceptors (Lipinski definition) is 7. The van der Waals surface area contributed by atoms with Gasteiger partial charge in [0.2, 0.25) is 10.0 Å². The summed E-state index contributed by atoms with van der Waals surface area (Å²) < 4.78 is 41.9. The van der Waals surface area contributed by atoms with Gasteiger partial charge in [0.05, 0.1) is 22.2 Å². The van der Waals surface area contributed by atoms with Crippen molar-refractivity contribution in [3.05, 3.63) is 70.1 Å². The van der Waals surface area contributed by atoms with Gasteiger partial charge < -0.3 is 13.9 Å². The van der Waals surface area contributed by atoms with Crippen LogP contribution in [-0.4, -0.2) is 31.6 Å². The van der Waals surface area contributed by atoms with Gasteiger partial charge in [0, 0.05) is 5.41 Å². The van der Waals surface area contributed by atoms with E-state index >= 15 is 0 Å². The van der Waals surface area contributed by atoms with Crippen molar-refractivity contribution in [3.63, 3.8) is 0 Å². The third-order valence-corrected chi connectivity index (χ3v) is 7.03. The van der Waals surface area contributed by atoms with Crippen LogP contribution in [0.4, 0.5) is 6.01 Å². The van der Waals surface area contributed by atoms with E-state index in [0.717, 1.165) is 11.1 Å². The molecule has 8 nitrogen and oxygen atoms in total. The quantitative estimate of drug-likeness (QED) is 0.322. The average molecular weight is 538 g/mol. The number of nitriles is 1. The Balaban J connectivity index is 1.72. The zero-order valence-corrected chi connectivity index (χ0v) is 21.8. The van der Waals surface area contributed by atoms with Crippen LogP contribution >= 0.6 is 23.2 Å². The molecule has 11 heteroatoms. The number of hydrogen-bond donors (Lipinski definition) is 1. The summed E-state index contributed by atoms with van der Waals surface area (Å²) in [7, 11) is -3.47. The highest BCUT2D eigenvalue weighted by molar-refractivity contribution is 7.92. The fourth-order valence-electron chi connectivity index (χ4n) is 3.24. The predicted molar refractivity (Wildman–Crippen MR) is 135 cm³/mol. The molecule has 35 heavy (non-hydrogen) atoms. The molecule has 0 saturated heterocycles. The van der Waals surface area contributed by atoms with E-state index in [2.05, 4.69) is 15.8 Å². The molecule has 0 aliphatic rings. The van der Waals surface area contributed by atoms with Crippen LogP contribution in [0.15, 0.2) is 47.1 Å². The van der Waals surface area contributed by atoms with Gasteiger partial charge >= 0.3 is 6.01 Å². The predicted octanol–water partition coefficient (Wildman–Crippen LogP) is 5.48. The molecule has 0 fully saturated rings. The Morgan fingerprint density at radius 1 is 1.17 bits per heavy atom. The smallest absolute Gasteiger partial charge is 0.308 e. The monoisotopic (exact) mass is 537 g/mol. The van der Waals surface area contributed by atoms with E-state index < -0.39 is 15.4 Å². The normalized spacial score (nSPS) is 11.7. The Bertz CT molecular complexity index is 1320. The van der Waals surface area contributed by atoms with Gasteiger partial charge in [-0.15, -0.1) is 11.6 Å². The molecule has 1 heterocycles. The van der Waals surface area contributed by atoms with Crippen molar-refractivity contribution in [1.29, 1.82) is 5.26 Å². The van der Waals surface area contributed by atoms with Crippen LogP contribution in [0.1, 0.15) is 43.2 Å². The first-order valence-electron chi connectivity index (χ1n) is 10.7. The van der Waals surface area contributed by atoms with E-state index in [9.17, 15) is 13.7 Å². The first-order chi connectivity index (χ1) is 16.6. The molecule has 1 N–H and O–H groups in total. The Hall–Kier alpha value is -2.93. The maximum atomic E-state index is 11.6. The Morgan fingerprint density at radius 2 is 1.89 bits per heavy atom. The molecular formula is C24H25Cl2N3O5S. The first kappa shape index (κ1) is 26.7. The van der Waals surface area contributed by atoms with Crippen LogP contribution in [0.2, 0.25) is 5.02 Å². The lowest BCUT2D eigenvalue weighted by molar-refractivity contribution is 0.301.